The van der Waals surface area contributed by atoms with Gasteiger partial charge >= 0.3 is 12.1 Å². The maximum atomic E-state index is 13.2. The molecule has 41 heavy (non-hydrogen) atoms. The number of sulfonamides is 1. The highest BCUT2D eigenvalue weighted by Gasteiger charge is 2.32. The van der Waals surface area contributed by atoms with Gasteiger partial charge in [-0.25, -0.2) is 18.0 Å². The van der Waals surface area contributed by atoms with Crippen LogP contribution in [-0.2, 0) is 27.7 Å². The largest absolute Gasteiger partial charge is 0.450 e. The van der Waals surface area contributed by atoms with Crippen LogP contribution in [-0.4, -0.2) is 86.8 Å². The van der Waals surface area contributed by atoms with E-state index in [2.05, 4.69) is 10.6 Å². The number of urea groups is 1. The number of carbonyl (C=O) groups excluding carboxylic acids is 4. The first-order valence-electron chi connectivity index (χ1n) is 13.5. The molecule has 3 heterocycles. The first-order valence-corrected chi connectivity index (χ1v) is 15.8. The van der Waals surface area contributed by atoms with Crippen molar-refractivity contribution in [1.29, 1.82) is 0 Å². The lowest BCUT2D eigenvalue weighted by molar-refractivity contribution is 0.0955. The van der Waals surface area contributed by atoms with Crippen molar-refractivity contribution in [2.75, 3.05) is 45.7 Å². The van der Waals surface area contributed by atoms with Gasteiger partial charge in [0.05, 0.1) is 23.6 Å². The van der Waals surface area contributed by atoms with Gasteiger partial charge in [0.15, 0.2) is 0 Å². The quantitative estimate of drug-likeness (QED) is 0.513. The van der Waals surface area contributed by atoms with Crippen LogP contribution in [0.15, 0.2) is 29.2 Å². The molecule has 0 bridgehead atoms. The lowest BCUT2D eigenvalue weighted by Crippen LogP contribution is -2.40. The molecule has 1 aromatic carbocycles. The van der Waals surface area contributed by atoms with Crippen LogP contribution >= 0.6 is 11.3 Å². The van der Waals surface area contributed by atoms with Crippen LogP contribution in [0.25, 0.3) is 0 Å². The minimum Gasteiger partial charge on any atom is -0.450 e. The summed E-state index contributed by atoms with van der Waals surface area (Å²) in [6.45, 7) is 3.40. The third-order valence-corrected chi connectivity index (χ3v) is 10.0. The molecule has 5 amide bonds. The van der Waals surface area contributed by atoms with Crippen LogP contribution in [0.3, 0.4) is 0 Å². The van der Waals surface area contributed by atoms with Crippen LogP contribution in [0.4, 0.5) is 14.6 Å². The molecule has 14 heteroatoms. The number of imide groups is 1. The molecule has 1 fully saturated rings. The summed E-state index contributed by atoms with van der Waals surface area (Å²) in [5.74, 6) is -1.21. The molecule has 0 aliphatic carbocycles. The number of nitrogens with zero attached hydrogens (tertiary/aromatic N) is 3. The second-order valence-electron chi connectivity index (χ2n) is 10.0. The van der Waals surface area contributed by atoms with Crippen molar-refractivity contribution in [2.45, 2.75) is 50.5 Å². The van der Waals surface area contributed by atoms with Crippen molar-refractivity contribution < 1.29 is 32.3 Å². The van der Waals surface area contributed by atoms with Crippen molar-refractivity contribution in [3.05, 3.63) is 45.8 Å². The van der Waals surface area contributed by atoms with E-state index in [-0.39, 0.29) is 34.2 Å². The van der Waals surface area contributed by atoms with Gasteiger partial charge in [-0.3, -0.25) is 14.9 Å². The number of carbonyl (C=O) groups is 4. The SMILES string of the molecule is CCOC(=O)N1CCc2c(sc(NC(=O)c3ccc(S(=O)(=O)N4CCCCCC4)cc3)c2C(=O)NC(=O)N(C)C)C1. The Labute approximate surface area is 243 Å². The summed E-state index contributed by atoms with van der Waals surface area (Å²) >= 11 is 1.15. The van der Waals surface area contributed by atoms with E-state index in [0.29, 0.717) is 36.5 Å². The summed E-state index contributed by atoms with van der Waals surface area (Å²) in [5.41, 5.74) is 1.02. The molecule has 2 aliphatic rings. The Morgan fingerprint density at radius 3 is 2.24 bits per heavy atom. The average molecular weight is 606 g/mol. The maximum Gasteiger partial charge on any atom is 0.410 e. The fourth-order valence-corrected chi connectivity index (χ4v) is 7.53. The number of hydrogen-bond acceptors (Lipinski definition) is 8. The van der Waals surface area contributed by atoms with Crippen LogP contribution in [0.2, 0.25) is 0 Å². The van der Waals surface area contributed by atoms with Crippen molar-refractivity contribution >= 4 is 50.3 Å². The summed E-state index contributed by atoms with van der Waals surface area (Å²) < 4.78 is 32.8. The van der Waals surface area contributed by atoms with Gasteiger partial charge in [-0.2, -0.15) is 4.31 Å². The number of thiophene rings is 1. The average Bonchev–Trinajstić information content (AvgIpc) is 3.09. The molecule has 0 unspecified atom stereocenters. The predicted octanol–water partition coefficient (Wildman–Crippen LogP) is 3.49. The summed E-state index contributed by atoms with van der Waals surface area (Å²) in [6.07, 6.45) is 3.50. The van der Waals surface area contributed by atoms with Crippen molar-refractivity contribution in [3.8, 4) is 0 Å². The summed E-state index contributed by atoms with van der Waals surface area (Å²) in [5, 5.41) is 5.32. The fraction of sp³-hybridized carbons (Fsp3) is 0.481. The number of ether oxygens (including phenoxy) is 1. The Bertz CT molecular complexity index is 1410. The van der Waals surface area contributed by atoms with Crippen LogP contribution in [0, 0.1) is 0 Å². The number of rotatable bonds is 6. The summed E-state index contributed by atoms with van der Waals surface area (Å²) in [6, 6.07) is 5.08. The Hall–Kier alpha value is -3.49. The number of hydrogen-bond donors (Lipinski definition) is 2. The number of amides is 5. The molecule has 2 N–H and O–H groups in total. The summed E-state index contributed by atoms with van der Waals surface area (Å²) in [7, 11) is -0.665. The molecule has 0 spiro atoms. The molecular formula is C27H35N5O7S2. The van der Waals surface area contributed by atoms with Gasteiger partial charge in [-0.05, 0) is 56.0 Å². The number of anilines is 1. The van der Waals surface area contributed by atoms with Gasteiger partial charge in [-0.1, -0.05) is 12.8 Å². The predicted molar refractivity (Wildman–Crippen MR) is 154 cm³/mol. The van der Waals surface area contributed by atoms with Crippen molar-refractivity contribution in [2.24, 2.45) is 0 Å². The van der Waals surface area contributed by atoms with E-state index in [1.165, 1.54) is 52.5 Å². The Balaban J connectivity index is 1.58. The molecule has 0 saturated carbocycles. The van der Waals surface area contributed by atoms with Crippen molar-refractivity contribution in [3.63, 3.8) is 0 Å². The van der Waals surface area contributed by atoms with E-state index in [4.69, 9.17) is 4.74 Å². The Morgan fingerprint density at radius 1 is 0.976 bits per heavy atom. The first-order chi connectivity index (χ1) is 19.5. The second-order valence-corrected chi connectivity index (χ2v) is 13.1. The van der Waals surface area contributed by atoms with Crippen LogP contribution < -0.4 is 10.6 Å². The Morgan fingerprint density at radius 2 is 1.63 bits per heavy atom. The lowest BCUT2D eigenvalue weighted by atomic mass is 10.0. The third-order valence-electron chi connectivity index (χ3n) is 6.98. The second kappa shape index (κ2) is 13.0. The van der Waals surface area contributed by atoms with E-state index < -0.39 is 34.0 Å². The number of fused-ring (bicyclic) bond motifs is 1. The molecular weight excluding hydrogens is 570 g/mol. The van der Waals surface area contributed by atoms with E-state index in [1.54, 1.807) is 6.92 Å². The molecule has 12 nitrogen and oxygen atoms in total. The van der Waals surface area contributed by atoms with Gasteiger partial charge in [-0.15, -0.1) is 11.3 Å². The summed E-state index contributed by atoms with van der Waals surface area (Å²) in [4.78, 5) is 54.5. The van der Waals surface area contributed by atoms with Crippen LogP contribution in [0.5, 0.6) is 0 Å². The highest BCUT2D eigenvalue weighted by molar-refractivity contribution is 7.89. The minimum atomic E-state index is -3.67. The molecule has 4 rings (SSSR count). The maximum absolute atomic E-state index is 13.2. The Kier molecular flexibility index (Phi) is 9.66. The van der Waals surface area contributed by atoms with Crippen LogP contribution in [0.1, 0.15) is 63.8 Å². The topological polar surface area (TPSA) is 145 Å². The molecule has 222 valence electrons. The first kappa shape index (κ1) is 30.5. The van der Waals surface area contributed by atoms with Gasteiger partial charge in [0.2, 0.25) is 10.0 Å². The molecule has 0 atom stereocenters. The highest BCUT2D eigenvalue weighted by atomic mass is 32.2. The molecule has 1 aromatic heterocycles. The number of nitrogens with one attached hydrogen (secondary N) is 2. The monoisotopic (exact) mass is 605 g/mol. The molecule has 2 aromatic rings. The van der Waals surface area contributed by atoms with E-state index >= 15 is 0 Å². The molecule has 0 radical (unpaired) electrons. The van der Waals surface area contributed by atoms with E-state index in [9.17, 15) is 27.6 Å². The lowest BCUT2D eigenvalue weighted by Gasteiger charge is -2.26. The van der Waals surface area contributed by atoms with E-state index in [0.717, 1.165) is 37.0 Å². The zero-order valence-corrected chi connectivity index (χ0v) is 25.0. The minimum absolute atomic E-state index is 0.115. The fourth-order valence-electron chi connectivity index (χ4n) is 4.76. The highest BCUT2D eigenvalue weighted by Crippen LogP contribution is 2.37. The zero-order valence-electron chi connectivity index (χ0n) is 23.4. The standard InChI is InChI=1S/C27H35N5O7S2/c1-4-39-27(36)31-16-13-20-21(17-31)40-25(22(20)24(34)29-26(35)30(2)3)28-23(33)18-9-11-19(12-10-18)41(37,38)32-14-7-5-6-8-15-32/h9-12H,4-8,13-17H2,1-3H3,(H,28,33)(H,29,34,35). The van der Waals surface area contributed by atoms with E-state index in [1.807, 2.05) is 0 Å². The van der Waals surface area contributed by atoms with Gasteiger partial charge < -0.3 is 19.9 Å². The van der Waals surface area contributed by atoms with Gasteiger partial charge in [0, 0.05) is 44.2 Å². The van der Waals surface area contributed by atoms with Gasteiger partial charge in [0.25, 0.3) is 11.8 Å². The molecule has 1 saturated heterocycles. The van der Waals surface area contributed by atoms with Crippen molar-refractivity contribution in [1.82, 2.24) is 19.4 Å². The smallest absolute Gasteiger partial charge is 0.410 e. The normalized spacial score (nSPS) is 15.8. The zero-order chi connectivity index (χ0) is 29.7. The van der Waals surface area contributed by atoms with Gasteiger partial charge in [0.1, 0.15) is 5.00 Å². The number of benzene rings is 1. The third kappa shape index (κ3) is 6.88. The molecule has 2 aliphatic heterocycles.